The molecule has 0 aromatic heterocycles. The number of aryl methyl sites for hydroxylation is 1. The second-order valence-electron chi connectivity index (χ2n) is 5.30. The third-order valence-corrected chi connectivity index (χ3v) is 3.54. The van der Waals surface area contributed by atoms with Gasteiger partial charge in [0.15, 0.2) is 0 Å². The molecule has 0 saturated carbocycles. The number of nitrogens with one attached hydrogen (secondary N) is 1. The highest BCUT2D eigenvalue weighted by Crippen LogP contribution is 2.16. The molecule has 1 rings (SSSR count). The van der Waals surface area contributed by atoms with Gasteiger partial charge >= 0.3 is 0 Å². The normalized spacial score (nSPS) is 14.6. The Labute approximate surface area is 117 Å². The van der Waals surface area contributed by atoms with Crippen LogP contribution >= 0.6 is 0 Å². The van der Waals surface area contributed by atoms with Crippen LogP contribution in [0.5, 0.6) is 0 Å². The number of methoxy groups -OCH3 is 1. The molecule has 0 spiro atoms. The first-order chi connectivity index (χ1) is 9.12. The maximum Gasteiger partial charge on any atom is 0.0626 e. The molecule has 19 heavy (non-hydrogen) atoms. The number of hydrogen-bond acceptors (Lipinski definition) is 3. The molecule has 0 aliphatic carbocycles. The van der Waals surface area contributed by atoms with Crippen molar-refractivity contribution >= 4 is 0 Å². The van der Waals surface area contributed by atoms with Crippen molar-refractivity contribution in [3.8, 4) is 0 Å². The van der Waals surface area contributed by atoms with Crippen LogP contribution in [0.1, 0.15) is 37.9 Å². The zero-order valence-corrected chi connectivity index (χ0v) is 12.5. The predicted octanol–water partition coefficient (Wildman–Crippen LogP) is 2.54. The van der Waals surface area contributed by atoms with E-state index >= 15 is 0 Å². The lowest BCUT2D eigenvalue weighted by Gasteiger charge is -2.27. The van der Waals surface area contributed by atoms with Crippen molar-refractivity contribution in [2.45, 2.75) is 39.3 Å². The largest absolute Gasteiger partial charge is 0.394 e. The van der Waals surface area contributed by atoms with Gasteiger partial charge in [-0.2, -0.15) is 0 Å². The van der Waals surface area contributed by atoms with E-state index in [-0.39, 0.29) is 18.7 Å². The molecule has 0 radical (unpaired) electrons. The molecule has 0 amide bonds. The highest BCUT2D eigenvalue weighted by atomic mass is 16.5. The second-order valence-corrected chi connectivity index (χ2v) is 5.30. The molecule has 2 N–H and O–H groups in total. The average Bonchev–Trinajstić information content (AvgIpc) is 2.43. The first-order valence-electron chi connectivity index (χ1n) is 7.07. The maximum atomic E-state index is 9.60. The summed E-state index contributed by atoms with van der Waals surface area (Å²) in [6.45, 7) is 7.21. The van der Waals surface area contributed by atoms with E-state index in [1.54, 1.807) is 7.11 Å². The summed E-state index contributed by atoms with van der Waals surface area (Å²) in [6.07, 6.45) is 1.04. The van der Waals surface area contributed by atoms with Gasteiger partial charge in [0.2, 0.25) is 0 Å². The number of ether oxygens (including phenoxy) is 1. The third-order valence-electron chi connectivity index (χ3n) is 3.54. The minimum atomic E-state index is -0.0338. The molecule has 2 unspecified atom stereocenters. The molecule has 3 nitrogen and oxygen atoms in total. The predicted molar refractivity (Wildman–Crippen MR) is 79.3 cm³/mol. The van der Waals surface area contributed by atoms with Crippen LogP contribution in [0.15, 0.2) is 24.3 Å². The van der Waals surface area contributed by atoms with Crippen molar-refractivity contribution < 1.29 is 9.84 Å². The summed E-state index contributed by atoms with van der Waals surface area (Å²) in [5, 5.41) is 13.1. The molecule has 1 aromatic carbocycles. The van der Waals surface area contributed by atoms with Crippen molar-refractivity contribution in [3.63, 3.8) is 0 Å². The van der Waals surface area contributed by atoms with E-state index < -0.39 is 0 Å². The number of hydrogen-bond donors (Lipinski definition) is 2. The number of benzene rings is 1. The fraction of sp³-hybridized carbons (Fsp3) is 0.625. The summed E-state index contributed by atoms with van der Waals surface area (Å²) in [5.41, 5.74) is 2.44. The molecule has 0 fully saturated rings. The highest BCUT2D eigenvalue weighted by Gasteiger charge is 2.19. The summed E-state index contributed by atoms with van der Waals surface area (Å²) in [7, 11) is 1.71. The molecular formula is C16H27NO2. The van der Waals surface area contributed by atoms with Gasteiger partial charge in [-0.3, -0.25) is 0 Å². The number of aliphatic hydroxyl groups excluding tert-OH is 1. The van der Waals surface area contributed by atoms with E-state index in [2.05, 4.69) is 50.4 Å². The van der Waals surface area contributed by atoms with Crippen LogP contribution in [-0.4, -0.2) is 31.5 Å². The molecule has 0 bridgehead atoms. The molecule has 0 heterocycles. The molecule has 0 aliphatic rings. The first kappa shape index (κ1) is 16.2. The number of rotatable bonds is 8. The summed E-state index contributed by atoms with van der Waals surface area (Å²) in [4.78, 5) is 0. The third kappa shape index (κ3) is 4.94. The molecule has 0 saturated heterocycles. The van der Waals surface area contributed by atoms with Crippen LogP contribution in [0.2, 0.25) is 0 Å². The fourth-order valence-corrected chi connectivity index (χ4v) is 2.11. The molecule has 108 valence electrons. The Kier molecular flexibility index (Phi) is 7.06. The lowest BCUT2D eigenvalue weighted by Crippen LogP contribution is -2.41. The van der Waals surface area contributed by atoms with Crippen LogP contribution in [0, 0.1) is 5.92 Å². The Balaban J connectivity index is 2.74. The first-order valence-corrected chi connectivity index (χ1v) is 7.07. The van der Waals surface area contributed by atoms with Crippen molar-refractivity contribution in [1.82, 2.24) is 5.32 Å². The van der Waals surface area contributed by atoms with Gasteiger partial charge in [-0.1, -0.05) is 45.0 Å². The maximum absolute atomic E-state index is 9.60. The zero-order valence-electron chi connectivity index (χ0n) is 12.5. The van der Waals surface area contributed by atoms with Crippen LogP contribution in [-0.2, 0) is 11.2 Å². The Hall–Kier alpha value is -0.900. The molecule has 1 aromatic rings. The minimum absolute atomic E-state index is 0.0338. The van der Waals surface area contributed by atoms with E-state index in [1.165, 1.54) is 5.56 Å². The number of aliphatic hydroxyl groups is 1. The van der Waals surface area contributed by atoms with Gasteiger partial charge in [-0.15, -0.1) is 0 Å². The Bertz CT molecular complexity index is 348. The molecule has 0 aliphatic heterocycles. The van der Waals surface area contributed by atoms with Crippen molar-refractivity contribution in [2.75, 3.05) is 20.3 Å². The van der Waals surface area contributed by atoms with Gasteiger partial charge in [0.25, 0.3) is 0 Å². The van der Waals surface area contributed by atoms with Crippen LogP contribution in [0.4, 0.5) is 0 Å². The van der Waals surface area contributed by atoms with Gasteiger partial charge in [-0.05, 0) is 23.5 Å². The van der Waals surface area contributed by atoms with Crippen molar-refractivity contribution in [3.05, 3.63) is 35.4 Å². The van der Waals surface area contributed by atoms with Crippen molar-refractivity contribution in [2.24, 2.45) is 5.92 Å². The van der Waals surface area contributed by atoms with Crippen LogP contribution < -0.4 is 5.32 Å². The quantitative estimate of drug-likeness (QED) is 0.759. The Morgan fingerprint density at radius 3 is 2.26 bits per heavy atom. The van der Waals surface area contributed by atoms with Gasteiger partial charge in [0.05, 0.1) is 19.3 Å². The summed E-state index contributed by atoms with van der Waals surface area (Å²) < 4.78 is 5.24. The van der Waals surface area contributed by atoms with Gasteiger partial charge in [0.1, 0.15) is 0 Å². The minimum Gasteiger partial charge on any atom is -0.394 e. The monoisotopic (exact) mass is 265 g/mol. The zero-order chi connectivity index (χ0) is 14.3. The van der Waals surface area contributed by atoms with Gasteiger partial charge in [0, 0.05) is 13.2 Å². The fourth-order valence-electron chi connectivity index (χ4n) is 2.11. The Morgan fingerprint density at radius 2 is 1.84 bits per heavy atom. The van der Waals surface area contributed by atoms with E-state index in [0.717, 1.165) is 12.0 Å². The lowest BCUT2D eigenvalue weighted by atomic mass is 10.00. The topological polar surface area (TPSA) is 41.5 Å². The molecule has 3 heteroatoms. The summed E-state index contributed by atoms with van der Waals surface area (Å²) in [5.74, 6) is 0.462. The summed E-state index contributed by atoms with van der Waals surface area (Å²) in [6, 6.07) is 8.65. The second kappa shape index (κ2) is 8.31. The Morgan fingerprint density at radius 1 is 1.21 bits per heavy atom. The summed E-state index contributed by atoms with van der Waals surface area (Å²) >= 11 is 0. The van der Waals surface area contributed by atoms with E-state index in [4.69, 9.17) is 4.74 Å². The van der Waals surface area contributed by atoms with Gasteiger partial charge < -0.3 is 15.2 Å². The van der Waals surface area contributed by atoms with Crippen LogP contribution in [0.3, 0.4) is 0 Å². The van der Waals surface area contributed by atoms with E-state index in [1.807, 2.05) is 0 Å². The molecule has 2 atom stereocenters. The SMILES string of the molecule is CCc1ccc(C(CO)NC(COC)C(C)C)cc1. The average molecular weight is 265 g/mol. The van der Waals surface area contributed by atoms with E-state index in [9.17, 15) is 5.11 Å². The van der Waals surface area contributed by atoms with Gasteiger partial charge in [-0.25, -0.2) is 0 Å². The standard InChI is InChI=1S/C16H27NO2/c1-5-13-6-8-14(9-7-13)15(10-18)17-16(11-19-4)12(2)3/h6-9,12,15-18H,5,10-11H2,1-4H3. The molecular weight excluding hydrogens is 238 g/mol. The van der Waals surface area contributed by atoms with Crippen LogP contribution in [0.25, 0.3) is 0 Å². The lowest BCUT2D eigenvalue weighted by molar-refractivity contribution is 0.129. The highest BCUT2D eigenvalue weighted by molar-refractivity contribution is 5.25. The van der Waals surface area contributed by atoms with Crippen molar-refractivity contribution in [1.29, 1.82) is 0 Å². The van der Waals surface area contributed by atoms with E-state index in [0.29, 0.717) is 12.5 Å². The smallest absolute Gasteiger partial charge is 0.0626 e.